The van der Waals surface area contributed by atoms with E-state index in [1.54, 1.807) is 6.07 Å². The van der Waals surface area contributed by atoms with Crippen LogP contribution in [0.5, 0.6) is 0 Å². The van der Waals surface area contributed by atoms with Crippen LogP contribution in [0.3, 0.4) is 0 Å². The highest BCUT2D eigenvalue weighted by Crippen LogP contribution is 2.31. The minimum Gasteiger partial charge on any atom is -0.393 e. The maximum atomic E-state index is 10.9. The van der Waals surface area contributed by atoms with Crippen LogP contribution in [0.25, 0.3) is 10.9 Å². The summed E-state index contributed by atoms with van der Waals surface area (Å²) in [5, 5.41) is 20.9. The standard InChI is InChI=1S/C14H16N4O3/c1-17(7-9-4-11(19)5-9)14-12-6-10(18(20)21)2-3-13(12)15-8-16-14/h2-3,6,8-9,11,19H,4-5,7H2,1H3. The molecule has 1 heterocycles. The third-order valence-corrected chi connectivity index (χ3v) is 3.91. The molecule has 0 atom stereocenters. The molecule has 7 heteroatoms. The van der Waals surface area contributed by atoms with E-state index in [-0.39, 0.29) is 11.8 Å². The van der Waals surface area contributed by atoms with Gasteiger partial charge in [0.2, 0.25) is 0 Å². The largest absolute Gasteiger partial charge is 0.393 e. The molecule has 1 aliphatic carbocycles. The minimum atomic E-state index is -0.418. The van der Waals surface area contributed by atoms with Crippen LogP contribution in [0.15, 0.2) is 24.5 Å². The van der Waals surface area contributed by atoms with Gasteiger partial charge in [0.1, 0.15) is 12.1 Å². The van der Waals surface area contributed by atoms with Crippen molar-refractivity contribution in [3.05, 3.63) is 34.6 Å². The summed E-state index contributed by atoms with van der Waals surface area (Å²) in [6.07, 6.45) is 2.88. The Labute approximate surface area is 121 Å². The zero-order chi connectivity index (χ0) is 15.0. The van der Waals surface area contributed by atoms with Gasteiger partial charge in [-0.05, 0) is 24.8 Å². The van der Waals surface area contributed by atoms with Gasteiger partial charge in [0.15, 0.2) is 0 Å². The summed E-state index contributed by atoms with van der Waals surface area (Å²) < 4.78 is 0. The molecule has 1 aromatic carbocycles. The highest BCUT2D eigenvalue weighted by molar-refractivity contribution is 5.90. The Hall–Kier alpha value is -2.28. The number of fused-ring (bicyclic) bond motifs is 1. The number of non-ortho nitro benzene ring substituents is 1. The Bertz CT molecular complexity index is 685. The number of nitro groups is 1. The second-order valence-electron chi connectivity index (χ2n) is 5.53. The molecule has 1 saturated carbocycles. The molecule has 0 radical (unpaired) electrons. The van der Waals surface area contributed by atoms with E-state index in [0.717, 1.165) is 19.4 Å². The van der Waals surface area contributed by atoms with E-state index in [4.69, 9.17) is 0 Å². The fourth-order valence-corrected chi connectivity index (χ4v) is 2.77. The third-order valence-electron chi connectivity index (χ3n) is 3.91. The topological polar surface area (TPSA) is 92.4 Å². The summed E-state index contributed by atoms with van der Waals surface area (Å²) in [6, 6.07) is 4.60. The number of aromatic nitrogens is 2. The van der Waals surface area contributed by atoms with Crippen molar-refractivity contribution in [1.29, 1.82) is 0 Å². The van der Waals surface area contributed by atoms with Gasteiger partial charge in [-0.3, -0.25) is 10.1 Å². The van der Waals surface area contributed by atoms with E-state index in [1.165, 1.54) is 18.5 Å². The molecule has 0 amide bonds. The second-order valence-corrected chi connectivity index (χ2v) is 5.53. The fourth-order valence-electron chi connectivity index (χ4n) is 2.77. The first kappa shape index (κ1) is 13.7. The predicted octanol–water partition coefficient (Wildman–Crippen LogP) is 1.75. The zero-order valence-electron chi connectivity index (χ0n) is 11.6. The number of benzene rings is 1. The van der Waals surface area contributed by atoms with Crippen molar-refractivity contribution in [1.82, 2.24) is 9.97 Å². The van der Waals surface area contributed by atoms with Crippen LogP contribution < -0.4 is 4.90 Å². The maximum Gasteiger partial charge on any atom is 0.270 e. The first-order chi connectivity index (χ1) is 10.0. The van der Waals surface area contributed by atoms with Gasteiger partial charge in [0.25, 0.3) is 5.69 Å². The number of nitro benzene ring substituents is 1. The number of hydrogen-bond donors (Lipinski definition) is 1. The van der Waals surface area contributed by atoms with Crippen LogP contribution in [0.1, 0.15) is 12.8 Å². The second kappa shape index (κ2) is 5.25. The van der Waals surface area contributed by atoms with Crippen molar-refractivity contribution in [3.8, 4) is 0 Å². The lowest BCUT2D eigenvalue weighted by atomic mass is 9.82. The lowest BCUT2D eigenvalue weighted by Gasteiger charge is -2.35. The van der Waals surface area contributed by atoms with Gasteiger partial charge in [0, 0.05) is 31.1 Å². The number of anilines is 1. The molecule has 110 valence electrons. The van der Waals surface area contributed by atoms with E-state index < -0.39 is 4.92 Å². The van der Waals surface area contributed by atoms with Crippen LogP contribution in [-0.4, -0.2) is 39.7 Å². The van der Waals surface area contributed by atoms with Crippen LogP contribution in [0.4, 0.5) is 11.5 Å². The number of aliphatic hydroxyl groups is 1. The summed E-state index contributed by atoms with van der Waals surface area (Å²) in [4.78, 5) is 20.9. The van der Waals surface area contributed by atoms with E-state index in [9.17, 15) is 15.2 Å². The predicted molar refractivity (Wildman–Crippen MR) is 78.2 cm³/mol. The van der Waals surface area contributed by atoms with Gasteiger partial charge in [-0.1, -0.05) is 0 Å². The summed E-state index contributed by atoms with van der Waals surface area (Å²) in [5.41, 5.74) is 0.720. The average molecular weight is 288 g/mol. The summed E-state index contributed by atoms with van der Waals surface area (Å²) in [6.45, 7) is 0.770. The number of nitrogens with zero attached hydrogens (tertiary/aromatic N) is 4. The first-order valence-electron chi connectivity index (χ1n) is 6.83. The van der Waals surface area contributed by atoms with Gasteiger partial charge in [-0.25, -0.2) is 9.97 Å². The molecule has 21 heavy (non-hydrogen) atoms. The smallest absolute Gasteiger partial charge is 0.270 e. The van der Waals surface area contributed by atoms with Gasteiger partial charge in [-0.2, -0.15) is 0 Å². The molecule has 0 aliphatic heterocycles. The maximum absolute atomic E-state index is 10.9. The van der Waals surface area contributed by atoms with Crippen molar-refractivity contribution in [2.45, 2.75) is 18.9 Å². The normalized spacial score (nSPS) is 21.0. The molecule has 0 spiro atoms. The molecule has 1 aliphatic rings. The Morgan fingerprint density at radius 1 is 1.43 bits per heavy atom. The minimum absolute atomic E-state index is 0.0333. The molecular formula is C14H16N4O3. The average Bonchev–Trinajstić information content (AvgIpc) is 2.44. The highest BCUT2D eigenvalue weighted by Gasteiger charge is 2.28. The molecule has 1 fully saturated rings. The molecule has 2 aromatic rings. The molecule has 1 aromatic heterocycles. The van der Waals surface area contributed by atoms with Crippen LogP contribution in [0, 0.1) is 16.0 Å². The van der Waals surface area contributed by atoms with Crippen molar-refractivity contribution in [2.75, 3.05) is 18.5 Å². The van der Waals surface area contributed by atoms with Crippen molar-refractivity contribution in [2.24, 2.45) is 5.92 Å². The quantitative estimate of drug-likeness (QED) is 0.680. The Kier molecular flexibility index (Phi) is 3.42. The Morgan fingerprint density at radius 3 is 2.86 bits per heavy atom. The van der Waals surface area contributed by atoms with Crippen LogP contribution >= 0.6 is 0 Å². The van der Waals surface area contributed by atoms with E-state index in [0.29, 0.717) is 22.6 Å². The molecule has 0 saturated heterocycles. The van der Waals surface area contributed by atoms with Crippen LogP contribution in [0.2, 0.25) is 0 Å². The molecule has 7 nitrogen and oxygen atoms in total. The van der Waals surface area contributed by atoms with Crippen molar-refractivity contribution in [3.63, 3.8) is 0 Å². The first-order valence-corrected chi connectivity index (χ1v) is 6.83. The number of rotatable bonds is 4. The summed E-state index contributed by atoms with van der Waals surface area (Å²) in [7, 11) is 1.91. The Morgan fingerprint density at radius 2 is 2.19 bits per heavy atom. The lowest BCUT2D eigenvalue weighted by Crippen LogP contribution is -2.37. The third kappa shape index (κ3) is 2.64. The molecule has 0 bridgehead atoms. The van der Waals surface area contributed by atoms with Gasteiger partial charge in [-0.15, -0.1) is 0 Å². The van der Waals surface area contributed by atoms with Gasteiger partial charge in [0.05, 0.1) is 16.5 Å². The van der Waals surface area contributed by atoms with E-state index in [2.05, 4.69) is 9.97 Å². The van der Waals surface area contributed by atoms with Crippen molar-refractivity contribution >= 4 is 22.4 Å². The van der Waals surface area contributed by atoms with Gasteiger partial charge < -0.3 is 10.0 Å². The Balaban J connectivity index is 1.93. The molecular weight excluding hydrogens is 272 g/mol. The lowest BCUT2D eigenvalue weighted by molar-refractivity contribution is -0.384. The fraction of sp³-hybridized carbons (Fsp3) is 0.429. The van der Waals surface area contributed by atoms with Crippen LogP contribution in [-0.2, 0) is 0 Å². The summed E-state index contributed by atoms with van der Waals surface area (Å²) in [5.74, 6) is 1.12. The number of hydrogen-bond acceptors (Lipinski definition) is 6. The molecule has 0 unspecified atom stereocenters. The number of aliphatic hydroxyl groups excluding tert-OH is 1. The summed E-state index contributed by atoms with van der Waals surface area (Å²) >= 11 is 0. The monoisotopic (exact) mass is 288 g/mol. The van der Waals surface area contributed by atoms with Gasteiger partial charge >= 0.3 is 0 Å². The highest BCUT2D eigenvalue weighted by atomic mass is 16.6. The van der Waals surface area contributed by atoms with E-state index >= 15 is 0 Å². The van der Waals surface area contributed by atoms with E-state index in [1.807, 2.05) is 11.9 Å². The zero-order valence-corrected chi connectivity index (χ0v) is 11.6. The van der Waals surface area contributed by atoms with Crippen molar-refractivity contribution < 1.29 is 10.0 Å². The molecule has 1 N–H and O–H groups in total. The SMILES string of the molecule is CN(CC1CC(O)C1)c1ncnc2ccc([N+](=O)[O-])cc12. The molecule has 3 rings (SSSR count).